The zero-order valence-electron chi connectivity index (χ0n) is 18.9. The molecule has 2 atom stereocenters. The van der Waals surface area contributed by atoms with Gasteiger partial charge in [0.05, 0.1) is 18.8 Å². The van der Waals surface area contributed by atoms with Crippen molar-refractivity contribution < 1.29 is 15.0 Å². The van der Waals surface area contributed by atoms with E-state index in [0.717, 1.165) is 25.7 Å². The lowest BCUT2D eigenvalue weighted by Crippen LogP contribution is -2.45. The molecule has 4 heteroatoms. The smallest absolute Gasteiger partial charge is 0.220 e. The number of hydrogen-bond donors (Lipinski definition) is 3. The highest BCUT2D eigenvalue weighted by Crippen LogP contribution is 2.13. The second-order valence-electron chi connectivity index (χ2n) is 8.41. The molecule has 0 spiro atoms. The summed E-state index contributed by atoms with van der Waals surface area (Å²) in [4.78, 5) is 12.0. The van der Waals surface area contributed by atoms with Gasteiger partial charge < -0.3 is 15.5 Å². The van der Waals surface area contributed by atoms with E-state index in [1.807, 2.05) is 0 Å². The maximum atomic E-state index is 12.0. The van der Waals surface area contributed by atoms with E-state index in [1.54, 1.807) is 0 Å². The molecule has 1 amide bonds. The summed E-state index contributed by atoms with van der Waals surface area (Å²) in [6.45, 7) is 4.24. The Bertz CT molecular complexity index is 336. The van der Waals surface area contributed by atoms with Gasteiger partial charge in [0.1, 0.15) is 0 Å². The first-order valence-electron chi connectivity index (χ1n) is 12.2. The van der Waals surface area contributed by atoms with Crippen molar-refractivity contribution in [2.24, 2.45) is 0 Å². The number of aliphatic hydroxyl groups excluding tert-OH is 2. The van der Waals surface area contributed by atoms with E-state index in [-0.39, 0.29) is 12.5 Å². The van der Waals surface area contributed by atoms with E-state index >= 15 is 0 Å². The minimum atomic E-state index is -0.646. The molecule has 0 aliphatic carbocycles. The van der Waals surface area contributed by atoms with Crippen molar-refractivity contribution in [3.8, 4) is 0 Å². The molecule has 0 aromatic carbocycles. The van der Waals surface area contributed by atoms with Gasteiger partial charge in [-0.1, -0.05) is 110 Å². The van der Waals surface area contributed by atoms with Crippen molar-refractivity contribution in [3.63, 3.8) is 0 Å². The lowest BCUT2D eigenvalue weighted by molar-refractivity contribution is -0.123. The van der Waals surface area contributed by atoms with Gasteiger partial charge in [-0.2, -0.15) is 0 Å². The molecule has 0 bridgehead atoms. The average Bonchev–Trinajstić information content (AvgIpc) is 2.69. The van der Waals surface area contributed by atoms with Gasteiger partial charge in [0, 0.05) is 6.42 Å². The molecule has 2 unspecified atom stereocenters. The van der Waals surface area contributed by atoms with Gasteiger partial charge in [-0.3, -0.25) is 4.79 Å². The highest BCUT2D eigenvalue weighted by molar-refractivity contribution is 5.76. The van der Waals surface area contributed by atoms with Crippen LogP contribution in [0.4, 0.5) is 0 Å². The van der Waals surface area contributed by atoms with Crippen LogP contribution in [0, 0.1) is 0 Å². The summed E-state index contributed by atoms with van der Waals surface area (Å²) < 4.78 is 0. The molecule has 0 aromatic rings. The summed E-state index contributed by atoms with van der Waals surface area (Å²) in [7, 11) is 0. The normalized spacial score (nSPS) is 13.4. The molecule has 0 aliphatic rings. The Balaban J connectivity index is 3.63. The van der Waals surface area contributed by atoms with Crippen molar-refractivity contribution >= 4 is 5.91 Å². The predicted octanol–water partition coefficient (Wildman–Crippen LogP) is 5.89. The summed E-state index contributed by atoms with van der Waals surface area (Å²) >= 11 is 0. The van der Waals surface area contributed by atoms with E-state index in [9.17, 15) is 15.0 Å². The number of amides is 1. The van der Waals surface area contributed by atoms with Gasteiger partial charge in [0.25, 0.3) is 0 Å². The molecular weight excluding hydrogens is 350 g/mol. The van der Waals surface area contributed by atoms with E-state index in [1.165, 1.54) is 77.0 Å². The van der Waals surface area contributed by atoms with Gasteiger partial charge in [-0.15, -0.1) is 0 Å². The monoisotopic (exact) mass is 399 g/mol. The van der Waals surface area contributed by atoms with E-state index in [0.29, 0.717) is 12.8 Å². The van der Waals surface area contributed by atoms with Crippen LogP contribution in [0.15, 0.2) is 0 Å². The highest BCUT2D eigenvalue weighted by atomic mass is 16.3. The number of carbonyl (C=O) groups excluding carboxylic acids is 1. The quantitative estimate of drug-likeness (QED) is 0.211. The standard InChI is InChI=1S/C24H49NO3/c1-3-5-7-9-10-11-12-13-14-16-17-19-23(27)22(21-26)25-24(28)20-18-15-8-6-4-2/h22-23,26-27H,3-21H2,1-2H3,(H,25,28). The van der Waals surface area contributed by atoms with Gasteiger partial charge in [-0.05, 0) is 12.8 Å². The van der Waals surface area contributed by atoms with E-state index in [2.05, 4.69) is 19.2 Å². The topological polar surface area (TPSA) is 69.6 Å². The van der Waals surface area contributed by atoms with Gasteiger partial charge >= 0.3 is 0 Å². The molecule has 0 heterocycles. The molecule has 0 saturated carbocycles. The first kappa shape index (κ1) is 27.4. The Morgan fingerprint density at radius 1 is 0.714 bits per heavy atom. The molecule has 3 N–H and O–H groups in total. The molecule has 0 aromatic heterocycles. The zero-order chi connectivity index (χ0) is 20.9. The van der Waals surface area contributed by atoms with E-state index < -0.39 is 12.1 Å². The van der Waals surface area contributed by atoms with Crippen LogP contribution in [0.25, 0.3) is 0 Å². The molecule has 168 valence electrons. The summed E-state index contributed by atoms with van der Waals surface area (Å²) in [5.41, 5.74) is 0. The Labute approximate surface area is 174 Å². The number of nitrogens with one attached hydrogen (secondary N) is 1. The molecule has 0 fully saturated rings. The molecule has 28 heavy (non-hydrogen) atoms. The minimum absolute atomic E-state index is 0.0477. The van der Waals surface area contributed by atoms with Crippen LogP contribution in [0.5, 0.6) is 0 Å². The van der Waals surface area contributed by atoms with Gasteiger partial charge in [-0.25, -0.2) is 0 Å². The largest absolute Gasteiger partial charge is 0.394 e. The second-order valence-corrected chi connectivity index (χ2v) is 8.41. The van der Waals surface area contributed by atoms with Crippen LogP contribution in [-0.2, 0) is 4.79 Å². The number of hydrogen-bond acceptors (Lipinski definition) is 3. The van der Waals surface area contributed by atoms with Gasteiger partial charge in [0.15, 0.2) is 0 Å². The number of carbonyl (C=O) groups is 1. The summed E-state index contributed by atoms with van der Waals surface area (Å²) in [6, 6.07) is -0.522. The molecule has 0 aliphatic heterocycles. The van der Waals surface area contributed by atoms with Crippen molar-refractivity contribution in [2.45, 2.75) is 142 Å². The van der Waals surface area contributed by atoms with Crippen LogP contribution in [0.2, 0.25) is 0 Å². The third-order valence-corrected chi connectivity index (χ3v) is 5.62. The summed E-state index contributed by atoms with van der Waals surface area (Å²) in [6.07, 6.45) is 20.1. The third-order valence-electron chi connectivity index (χ3n) is 5.62. The van der Waals surface area contributed by atoms with Crippen LogP contribution in [0.3, 0.4) is 0 Å². The summed E-state index contributed by atoms with van der Waals surface area (Å²) in [5, 5.41) is 22.6. The SMILES string of the molecule is CCCCCCCCCCCCCC(O)C(CO)NC(=O)CCCCCCC. The van der Waals surface area contributed by atoms with Crippen LogP contribution in [-0.4, -0.2) is 34.9 Å². The van der Waals surface area contributed by atoms with Crippen molar-refractivity contribution in [3.05, 3.63) is 0 Å². The first-order valence-corrected chi connectivity index (χ1v) is 12.2. The van der Waals surface area contributed by atoms with E-state index in [4.69, 9.17) is 0 Å². The summed E-state index contributed by atoms with van der Waals surface area (Å²) in [5.74, 6) is -0.0477. The fraction of sp³-hybridized carbons (Fsp3) is 0.958. The Morgan fingerprint density at radius 3 is 1.61 bits per heavy atom. The van der Waals surface area contributed by atoms with Crippen molar-refractivity contribution in [1.29, 1.82) is 0 Å². The van der Waals surface area contributed by atoms with Crippen LogP contribution >= 0.6 is 0 Å². The number of unbranched alkanes of at least 4 members (excludes halogenated alkanes) is 14. The Morgan fingerprint density at radius 2 is 1.14 bits per heavy atom. The Kier molecular flexibility index (Phi) is 20.6. The van der Waals surface area contributed by atoms with Crippen molar-refractivity contribution in [1.82, 2.24) is 5.32 Å². The van der Waals surface area contributed by atoms with Crippen molar-refractivity contribution in [2.75, 3.05) is 6.61 Å². The highest BCUT2D eigenvalue weighted by Gasteiger charge is 2.19. The van der Waals surface area contributed by atoms with Gasteiger partial charge in [0.2, 0.25) is 5.91 Å². The van der Waals surface area contributed by atoms with Crippen LogP contribution in [0.1, 0.15) is 129 Å². The molecular formula is C24H49NO3. The average molecular weight is 400 g/mol. The fourth-order valence-electron chi connectivity index (χ4n) is 3.65. The Hall–Kier alpha value is -0.610. The second kappa shape index (κ2) is 21.1. The molecule has 0 rings (SSSR count). The lowest BCUT2D eigenvalue weighted by atomic mass is 10.0. The number of aliphatic hydroxyl groups is 2. The fourth-order valence-corrected chi connectivity index (χ4v) is 3.65. The number of rotatable bonds is 21. The molecule has 0 saturated heterocycles. The molecule has 0 radical (unpaired) electrons. The maximum absolute atomic E-state index is 12.0. The third kappa shape index (κ3) is 17.5. The minimum Gasteiger partial charge on any atom is -0.394 e. The molecule has 4 nitrogen and oxygen atoms in total. The predicted molar refractivity (Wildman–Crippen MR) is 119 cm³/mol. The lowest BCUT2D eigenvalue weighted by Gasteiger charge is -2.22. The maximum Gasteiger partial charge on any atom is 0.220 e. The van der Waals surface area contributed by atoms with Crippen LogP contribution < -0.4 is 5.32 Å². The first-order chi connectivity index (χ1) is 13.7. The zero-order valence-corrected chi connectivity index (χ0v) is 18.9.